The van der Waals surface area contributed by atoms with Gasteiger partial charge in [0.05, 0.1) is 23.9 Å². The summed E-state index contributed by atoms with van der Waals surface area (Å²) in [4.78, 5) is 12.1. The molecule has 0 aliphatic rings. The summed E-state index contributed by atoms with van der Waals surface area (Å²) in [6, 6.07) is 17.1. The Morgan fingerprint density at radius 2 is 1.93 bits per heavy atom. The molecule has 28 heavy (non-hydrogen) atoms. The summed E-state index contributed by atoms with van der Waals surface area (Å²) in [6.45, 7) is 4.01. The largest absolute Gasteiger partial charge is 0.341 e. The van der Waals surface area contributed by atoms with E-state index in [9.17, 15) is 4.79 Å². The standard InChI is InChI=1S/C23H22N4O/c1-3-27-21(14-20-13-18(16-25-2)8-11-22(20)27)5-4-12-26-23(28)19-9-6-17(15-24)7-10-19/h6-11,13-14,25H,3,12,16H2,1-2H3,(H,26,28). The molecule has 0 aliphatic heterocycles. The van der Waals surface area contributed by atoms with Crippen molar-refractivity contribution < 1.29 is 4.79 Å². The Labute approximate surface area is 165 Å². The highest BCUT2D eigenvalue weighted by Crippen LogP contribution is 2.21. The van der Waals surface area contributed by atoms with E-state index in [1.54, 1.807) is 24.3 Å². The van der Waals surface area contributed by atoms with E-state index in [2.05, 4.69) is 58.2 Å². The fourth-order valence-electron chi connectivity index (χ4n) is 3.14. The highest BCUT2D eigenvalue weighted by Gasteiger charge is 2.07. The number of fused-ring (bicyclic) bond motifs is 1. The highest BCUT2D eigenvalue weighted by atomic mass is 16.1. The van der Waals surface area contributed by atoms with E-state index in [0.29, 0.717) is 11.1 Å². The van der Waals surface area contributed by atoms with Crippen LogP contribution in [0.4, 0.5) is 0 Å². The van der Waals surface area contributed by atoms with Crippen LogP contribution in [0.25, 0.3) is 10.9 Å². The Kier molecular flexibility index (Phi) is 6.11. The molecule has 1 aromatic heterocycles. The average Bonchev–Trinajstić information content (AvgIpc) is 3.08. The molecule has 0 bridgehead atoms. The Bertz CT molecular complexity index is 1090. The third kappa shape index (κ3) is 4.23. The van der Waals surface area contributed by atoms with Crippen molar-refractivity contribution in [3.05, 3.63) is 70.9 Å². The Balaban J connectivity index is 1.71. The number of hydrogen-bond donors (Lipinski definition) is 2. The molecule has 3 rings (SSSR count). The van der Waals surface area contributed by atoms with Crippen molar-refractivity contribution in [2.45, 2.75) is 20.0 Å². The van der Waals surface area contributed by atoms with Gasteiger partial charge in [0.25, 0.3) is 5.91 Å². The van der Waals surface area contributed by atoms with E-state index >= 15 is 0 Å². The van der Waals surface area contributed by atoms with Crippen molar-refractivity contribution in [1.29, 1.82) is 5.26 Å². The summed E-state index contributed by atoms with van der Waals surface area (Å²) in [5.74, 6) is 6.00. The lowest BCUT2D eigenvalue weighted by Gasteiger charge is -2.04. The van der Waals surface area contributed by atoms with E-state index in [1.807, 2.05) is 13.1 Å². The molecule has 0 unspecified atom stereocenters. The topological polar surface area (TPSA) is 69.8 Å². The number of rotatable bonds is 5. The first-order valence-corrected chi connectivity index (χ1v) is 9.20. The number of nitrogens with zero attached hydrogens (tertiary/aromatic N) is 2. The summed E-state index contributed by atoms with van der Waals surface area (Å²) in [5, 5.41) is 15.9. The lowest BCUT2D eigenvalue weighted by molar-refractivity contribution is 0.0958. The van der Waals surface area contributed by atoms with Crippen LogP contribution >= 0.6 is 0 Å². The smallest absolute Gasteiger partial charge is 0.252 e. The lowest BCUT2D eigenvalue weighted by atomic mass is 10.1. The lowest BCUT2D eigenvalue weighted by Crippen LogP contribution is -2.23. The molecule has 3 aromatic rings. The van der Waals surface area contributed by atoms with Gasteiger partial charge in [-0.1, -0.05) is 12.0 Å². The SMILES string of the molecule is CCn1c(C#CCNC(=O)c2ccc(C#N)cc2)cc2cc(CNC)ccc21. The molecule has 1 heterocycles. The third-order valence-electron chi connectivity index (χ3n) is 4.49. The van der Waals surface area contributed by atoms with Crippen molar-refractivity contribution in [1.82, 2.24) is 15.2 Å². The van der Waals surface area contributed by atoms with E-state index in [0.717, 1.165) is 24.3 Å². The number of carbonyl (C=O) groups is 1. The molecule has 0 saturated heterocycles. The van der Waals surface area contributed by atoms with Crippen LogP contribution in [-0.2, 0) is 13.1 Å². The van der Waals surface area contributed by atoms with Crippen LogP contribution in [0.1, 0.15) is 34.1 Å². The summed E-state index contributed by atoms with van der Waals surface area (Å²) in [6.07, 6.45) is 0. The number of hydrogen-bond acceptors (Lipinski definition) is 3. The first-order valence-electron chi connectivity index (χ1n) is 9.20. The fraction of sp³-hybridized carbons (Fsp3) is 0.217. The minimum Gasteiger partial charge on any atom is -0.341 e. The second-order valence-electron chi connectivity index (χ2n) is 6.37. The Hall–Kier alpha value is -3.54. The fourth-order valence-corrected chi connectivity index (χ4v) is 3.14. The maximum absolute atomic E-state index is 12.1. The van der Waals surface area contributed by atoms with Gasteiger partial charge in [0.15, 0.2) is 0 Å². The maximum atomic E-state index is 12.1. The number of aryl methyl sites for hydroxylation is 1. The molecule has 0 fully saturated rings. The molecule has 140 valence electrons. The van der Waals surface area contributed by atoms with Crippen LogP contribution in [0.5, 0.6) is 0 Å². The number of nitriles is 1. The molecule has 0 radical (unpaired) electrons. The highest BCUT2D eigenvalue weighted by molar-refractivity contribution is 5.94. The zero-order valence-electron chi connectivity index (χ0n) is 16.0. The zero-order valence-corrected chi connectivity index (χ0v) is 16.0. The van der Waals surface area contributed by atoms with E-state index < -0.39 is 0 Å². The first-order chi connectivity index (χ1) is 13.7. The number of benzene rings is 2. The van der Waals surface area contributed by atoms with E-state index in [1.165, 1.54) is 10.9 Å². The van der Waals surface area contributed by atoms with Gasteiger partial charge in [-0.05, 0) is 67.9 Å². The van der Waals surface area contributed by atoms with E-state index in [4.69, 9.17) is 5.26 Å². The van der Waals surface area contributed by atoms with Gasteiger partial charge in [0, 0.05) is 29.6 Å². The van der Waals surface area contributed by atoms with Gasteiger partial charge in [-0.2, -0.15) is 5.26 Å². The second-order valence-corrected chi connectivity index (χ2v) is 6.37. The van der Waals surface area contributed by atoms with Crippen molar-refractivity contribution in [2.75, 3.05) is 13.6 Å². The first kappa shape index (κ1) is 19.2. The monoisotopic (exact) mass is 370 g/mol. The van der Waals surface area contributed by atoms with Crippen molar-refractivity contribution in [3.8, 4) is 17.9 Å². The summed E-state index contributed by atoms with van der Waals surface area (Å²) >= 11 is 0. The van der Waals surface area contributed by atoms with Gasteiger partial charge in [-0.15, -0.1) is 0 Å². The maximum Gasteiger partial charge on any atom is 0.252 e. The summed E-state index contributed by atoms with van der Waals surface area (Å²) in [5.41, 5.74) is 4.37. The molecule has 0 aliphatic carbocycles. The number of aromatic nitrogens is 1. The van der Waals surface area contributed by atoms with E-state index in [-0.39, 0.29) is 12.5 Å². The molecule has 2 aromatic carbocycles. The summed E-state index contributed by atoms with van der Waals surface area (Å²) < 4.78 is 2.17. The molecular formula is C23H22N4O. The van der Waals surface area contributed by atoms with Crippen LogP contribution in [0.15, 0.2) is 48.5 Å². The number of carbonyl (C=O) groups excluding carboxylic acids is 1. The van der Waals surface area contributed by atoms with Gasteiger partial charge in [-0.25, -0.2) is 0 Å². The van der Waals surface area contributed by atoms with Crippen LogP contribution in [0.3, 0.4) is 0 Å². The van der Waals surface area contributed by atoms with Gasteiger partial charge < -0.3 is 15.2 Å². The van der Waals surface area contributed by atoms with Gasteiger partial charge in [-0.3, -0.25) is 4.79 Å². The minimum atomic E-state index is -0.202. The molecule has 0 saturated carbocycles. The van der Waals surface area contributed by atoms with Gasteiger partial charge in [0.1, 0.15) is 0 Å². The molecule has 5 nitrogen and oxygen atoms in total. The quantitative estimate of drug-likeness (QED) is 0.678. The number of amides is 1. The third-order valence-corrected chi connectivity index (χ3v) is 4.49. The predicted octanol–water partition coefficient (Wildman–Crippen LogP) is 3.03. The molecule has 0 atom stereocenters. The zero-order chi connectivity index (χ0) is 19.9. The molecule has 1 amide bonds. The summed E-state index contributed by atoms with van der Waals surface area (Å²) in [7, 11) is 1.94. The number of nitrogens with one attached hydrogen (secondary N) is 2. The average molecular weight is 370 g/mol. The predicted molar refractivity (Wildman–Crippen MR) is 111 cm³/mol. The van der Waals surface area contributed by atoms with Crippen molar-refractivity contribution >= 4 is 16.8 Å². The normalized spacial score (nSPS) is 10.2. The molecule has 0 spiro atoms. The van der Waals surface area contributed by atoms with Gasteiger partial charge >= 0.3 is 0 Å². The van der Waals surface area contributed by atoms with Crippen molar-refractivity contribution in [2.24, 2.45) is 0 Å². The van der Waals surface area contributed by atoms with Crippen LogP contribution in [-0.4, -0.2) is 24.1 Å². The minimum absolute atomic E-state index is 0.202. The van der Waals surface area contributed by atoms with Gasteiger partial charge in [0.2, 0.25) is 0 Å². The molecular weight excluding hydrogens is 348 g/mol. The van der Waals surface area contributed by atoms with Crippen LogP contribution in [0, 0.1) is 23.2 Å². The Morgan fingerprint density at radius 3 is 2.61 bits per heavy atom. The second kappa shape index (κ2) is 8.90. The van der Waals surface area contributed by atoms with Crippen molar-refractivity contribution in [3.63, 3.8) is 0 Å². The van der Waals surface area contributed by atoms with Crippen LogP contribution < -0.4 is 10.6 Å². The van der Waals surface area contributed by atoms with Crippen LogP contribution in [0.2, 0.25) is 0 Å². The Morgan fingerprint density at radius 1 is 1.14 bits per heavy atom. The molecule has 5 heteroatoms. The molecule has 2 N–H and O–H groups in total.